The second-order valence-corrected chi connectivity index (χ2v) is 5.83. The Balaban J connectivity index is 1.66. The van der Waals surface area contributed by atoms with E-state index in [-0.39, 0.29) is 0 Å². The van der Waals surface area contributed by atoms with Gasteiger partial charge in [-0.1, -0.05) is 0 Å². The Labute approximate surface area is 112 Å². The van der Waals surface area contributed by atoms with E-state index in [2.05, 4.69) is 29.2 Å². The monoisotopic (exact) mass is 255 g/mol. The van der Waals surface area contributed by atoms with Crippen molar-refractivity contribution in [2.45, 2.75) is 25.3 Å². The Bertz CT molecular complexity index is 231. The molecule has 2 aliphatic rings. The molecule has 4 heteroatoms. The molecule has 0 aromatic carbocycles. The van der Waals surface area contributed by atoms with Crippen LogP contribution in [0.2, 0.25) is 0 Å². The molecule has 0 aromatic rings. The number of rotatable bonds is 6. The molecule has 0 radical (unpaired) electrons. The van der Waals surface area contributed by atoms with Crippen LogP contribution in [0.5, 0.6) is 0 Å². The van der Waals surface area contributed by atoms with E-state index in [9.17, 15) is 0 Å². The molecule has 2 aliphatic heterocycles. The molecule has 2 saturated heterocycles. The normalized spacial score (nSPS) is 30.2. The summed E-state index contributed by atoms with van der Waals surface area (Å²) in [6, 6.07) is 0.632. The summed E-state index contributed by atoms with van der Waals surface area (Å²) in [4.78, 5) is 5.06. The minimum absolute atomic E-state index is 0.632. The molecule has 1 N–H and O–H groups in total. The zero-order valence-corrected chi connectivity index (χ0v) is 12.0. The fourth-order valence-corrected chi connectivity index (χ4v) is 3.17. The van der Waals surface area contributed by atoms with Crippen molar-refractivity contribution >= 4 is 0 Å². The quantitative estimate of drug-likeness (QED) is 0.754. The summed E-state index contributed by atoms with van der Waals surface area (Å²) >= 11 is 0. The van der Waals surface area contributed by atoms with E-state index < -0.39 is 0 Å². The molecule has 18 heavy (non-hydrogen) atoms. The molecule has 0 spiro atoms. The minimum atomic E-state index is 0.632. The molecule has 2 atom stereocenters. The number of nitrogens with one attached hydrogen (secondary N) is 1. The van der Waals surface area contributed by atoms with Gasteiger partial charge in [0.2, 0.25) is 0 Å². The van der Waals surface area contributed by atoms with E-state index in [1.54, 1.807) is 0 Å². The highest BCUT2D eigenvalue weighted by molar-refractivity contribution is 4.80. The molecule has 0 aromatic heterocycles. The lowest BCUT2D eigenvalue weighted by Gasteiger charge is -2.34. The lowest BCUT2D eigenvalue weighted by molar-refractivity contribution is 0.0209. The molecular weight excluding hydrogens is 226 g/mol. The molecule has 0 bridgehead atoms. The SMILES string of the molecule is CNC1CCOCC1CN(C)CCN1CCCC1. The molecule has 2 heterocycles. The summed E-state index contributed by atoms with van der Waals surface area (Å²) in [6.45, 7) is 8.01. The van der Waals surface area contributed by atoms with Crippen LogP contribution in [-0.4, -0.2) is 75.9 Å². The van der Waals surface area contributed by atoms with Gasteiger partial charge < -0.3 is 19.9 Å². The maximum absolute atomic E-state index is 5.62. The Morgan fingerprint density at radius 3 is 2.83 bits per heavy atom. The van der Waals surface area contributed by atoms with Crippen molar-refractivity contribution in [1.82, 2.24) is 15.1 Å². The van der Waals surface area contributed by atoms with Gasteiger partial charge in [0.15, 0.2) is 0 Å². The van der Waals surface area contributed by atoms with Gasteiger partial charge >= 0.3 is 0 Å². The first-order chi connectivity index (χ1) is 8.79. The highest BCUT2D eigenvalue weighted by Crippen LogP contribution is 2.15. The van der Waals surface area contributed by atoms with Crippen LogP contribution in [0.15, 0.2) is 0 Å². The maximum Gasteiger partial charge on any atom is 0.0521 e. The lowest BCUT2D eigenvalue weighted by Crippen LogP contribution is -2.46. The first-order valence-corrected chi connectivity index (χ1v) is 7.45. The van der Waals surface area contributed by atoms with Crippen molar-refractivity contribution in [3.63, 3.8) is 0 Å². The number of hydrogen-bond acceptors (Lipinski definition) is 4. The highest BCUT2D eigenvalue weighted by atomic mass is 16.5. The number of ether oxygens (including phenoxy) is 1. The van der Waals surface area contributed by atoms with Gasteiger partial charge in [-0.25, -0.2) is 0 Å². The number of nitrogens with zero attached hydrogens (tertiary/aromatic N) is 2. The minimum Gasteiger partial charge on any atom is -0.381 e. The second kappa shape index (κ2) is 7.43. The third kappa shape index (κ3) is 4.19. The molecule has 2 fully saturated rings. The second-order valence-electron chi connectivity index (χ2n) is 5.83. The lowest BCUT2D eigenvalue weighted by atomic mass is 9.95. The van der Waals surface area contributed by atoms with E-state index in [1.807, 2.05) is 0 Å². The van der Waals surface area contributed by atoms with Gasteiger partial charge in [-0.15, -0.1) is 0 Å². The molecule has 2 rings (SSSR count). The van der Waals surface area contributed by atoms with E-state index in [0.29, 0.717) is 12.0 Å². The summed E-state index contributed by atoms with van der Waals surface area (Å²) < 4.78 is 5.62. The van der Waals surface area contributed by atoms with Crippen LogP contribution in [0.4, 0.5) is 0 Å². The Kier molecular flexibility index (Phi) is 5.89. The van der Waals surface area contributed by atoms with Gasteiger partial charge in [-0.3, -0.25) is 0 Å². The van der Waals surface area contributed by atoms with Crippen molar-refractivity contribution in [3.8, 4) is 0 Å². The summed E-state index contributed by atoms with van der Waals surface area (Å²) in [6.07, 6.45) is 3.94. The summed E-state index contributed by atoms with van der Waals surface area (Å²) in [5.74, 6) is 0.646. The Morgan fingerprint density at radius 2 is 2.11 bits per heavy atom. The third-order valence-corrected chi connectivity index (χ3v) is 4.39. The molecule has 0 amide bonds. The molecule has 4 nitrogen and oxygen atoms in total. The summed E-state index contributed by atoms with van der Waals surface area (Å²) in [5.41, 5.74) is 0. The summed E-state index contributed by atoms with van der Waals surface area (Å²) in [5, 5.41) is 3.44. The van der Waals surface area contributed by atoms with Gasteiger partial charge in [0, 0.05) is 38.2 Å². The fraction of sp³-hybridized carbons (Fsp3) is 1.00. The largest absolute Gasteiger partial charge is 0.381 e. The fourth-order valence-electron chi connectivity index (χ4n) is 3.17. The number of hydrogen-bond donors (Lipinski definition) is 1. The van der Waals surface area contributed by atoms with Gasteiger partial charge in [-0.2, -0.15) is 0 Å². The van der Waals surface area contributed by atoms with Crippen LogP contribution in [0, 0.1) is 5.92 Å². The molecule has 0 aliphatic carbocycles. The zero-order valence-electron chi connectivity index (χ0n) is 12.0. The summed E-state index contributed by atoms with van der Waals surface area (Å²) in [7, 11) is 4.32. The van der Waals surface area contributed by atoms with Crippen molar-refractivity contribution in [2.24, 2.45) is 5.92 Å². The van der Waals surface area contributed by atoms with Crippen LogP contribution in [0.1, 0.15) is 19.3 Å². The Hall–Kier alpha value is -0.160. The van der Waals surface area contributed by atoms with Gasteiger partial charge in [-0.05, 0) is 46.4 Å². The van der Waals surface area contributed by atoms with Gasteiger partial charge in [0.1, 0.15) is 0 Å². The predicted molar refractivity (Wildman–Crippen MR) is 74.9 cm³/mol. The first-order valence-electron chi connectivity index (χ1n) is 7.45. The molecule has 0 saturated carbocycles. The topological polar surface area (TPSA) is 27.7 Å². The van der Waals surface area contributed by atoms with E-state index in [1.165, 1.54) is 39.0 Å². The smallest absolute Gasteiger partial charge is 0.0521 e. The first kappa shape index (κ1) is 14.3. The number of likely N-dealkylation sites (N-methyl/N-ethyl adjacent to an activating group) is 1. The third-order valence-electron chi connectivity index (χ3n) is 4.39. The van der Waals surface area contributed by atoms with Crippen molar-refractivity contribution < 1.29 is 4.74 Å². The number of likely N-dealkylation sites (tertiary alicyclic amines) is 1. The van der Waals surface area contributed by atoms with Crippen molar-refractivity contribution in [3.05, 3.63) is 0 Å². The predicted octanol–water partition coefficient (Wildman–Crippen LogP) is 0.639. The standard InChI is InChI=1S/C14H29N3O/c1-15-14-5-10-18-12-13(14)11-16(2)8-9-17-6-3-4-7-17/h13-15H,3-12H2,1-2H3. The van der Waals surface area contributed by atoms with Crippen molar-refractivity contribution in [2.75, 3.05) is 60.0 Å². The van der Waals surface area contributed by atoms with Gasteiger partial charge in [0.05, 0.1) is 6.61 Å². The molecule has 106 valence electrons. The van der Waals surface area contributed by atoms with Crippen LogP contribution < -0.4 is 5.32 Å². The molecule has 2 unspecified atom stereocenters. The van der Waals surface area contributed by atoms with Crippen LogP contribution in [-0.2, 0) is 4.74 Å². The maximum atomic E-state index is 5.62. The molecular formula is C14H29N3O. The van der Waals surface area contributed by atoms with E-state index in [4.69, 9.17) is 4.74 Å². The van der Waals surface area contributed by atoms with Crippen LogP contribution >= 0.6 is 0 Å². The average molecular weight is 255 g/mol. The Morgan fingerprint density at radius 1 is 1.33 bits per heavy atom. The zero-order chi connectivity index (χ0) is 12.8. The average Bonchev–Trinajstić information content (AvgIpc) is 2.90. The van der Waals surface area contributed by atoms with Crippen molar-refractivity contribution in [1.29, 1.82) is 0 Å². The van der Waals surface area contributed by atoms with Gasteiger partial charge in [0.25, 0.3) is 0 Å². The van der Waals surface area contributed by atoms with Crippen LogP contribution in [0.25, 0.3) is 0 Å². The van der Waals surface area contributed by atoms with E-state index in [0.717, 1.165) is 26.2 Å². The highest BCUT2D eigenvalue weighted by Gasteiger charge is 2.25. The van der Waals surface area contributed by atoms with E-state index >= 15 is 0 Å². The van der Waals surface area contributed by atoms with Crippen LogP contribution in [0.3, 0.4) is 0 Å².